The van der Waals surface area contributed by atoms with E-state index in [0.717, 1.165) is 55.5 Å². The molecule has 8 nitrogen and oxygen atoms in total. The molecular weight excluding hydrogens is 366 g/mol. The second kappa shape index (κ2) is 8.83. The highest BCUT2D eigenvalue weighted by Gasteiger charge is 2.26. The van der Waals surface area contributed by atoms with E-state index in [2.05, 4.69) is 38.7 Å². The Morgan fingerprint density at radius 3 is 2.55 bits per heavy atom. The van der Waals surface area contributed by atoms with Gasteiger partial charge in [-0.25, -0.2) is 0 Å². The number of carbonyl (C=O) groups excluding carboxylic acids is 1. The summed E-state index contributed by atoms with van der Waals surface area (Å²) < 4.78 is 1.76. The number of nitrogens with one attached hydrogen (secondary N) is 2. The van der Waals surface area contributed by atoms with Gasteiger partial charge in [0.15, 0.2) is 6.54 Å². The fourth-order valence-electron chi connectivity index (χ4n) is 3.69. The molecule has 2 N–H and O–H groups in total. The number of aryl methyl sites for hydroxylation is 1. The first-order chi connectivity index (χ1) is 14.2. The van der Waals surface area contributed by atoms with Crippen LogP contribution in [0.25, 0.3) is 5.69 Å². The van der Waals surface area contributed by atoms with Crippen LogP contribution in [-0.4, -0.2) is 58.8 Å². The predicted octanol–water partition coefficient (Wildman–Crippen LogP) is 0.568. The first-order valence-corrected chi connectivity index (χ1v) is 10.0. The van der Waals surface area contributed by atoms with Gasteiger partial charge < -0.3 is 15.1 Å². The van der Waals surface area contributed by atoms with Gasteiger partial charge in [-0.15, -0.1) is 0 Å². The zero-order valence-electron chi connectivity index (χ0n) is 16.6. The lowest BCUT2D eigenvalue weighted by atomic mass is 10.1. The van der Waals surface area contributed by atoms with Gasteiger partial charge in [0.25, 0.3) is 11.9 Å². The van der Waals surface area contributed by atoms with Crippen LogP contribution >= 0.6 is 0 Å². The van der Waals surface area contributed by atoms with Crippen LogP contribution in [0.4, 0.5) is 11.6 Å². The average Bonchev–Trinajstić information content (AvgIpc) is 3.25. The Balaban J connectivity index is 1.33. The Kier molecular flexibility index (Phi) is 5.81. The van der Waals surface area contributed by atoms with Crippen molar-refractivity contribution in [2.45, 2.75) is 13.3 Å². The van der Waals surface area contributed by atoms with E-state index in [4.69, 9.17) is 0 Å². The van der Waals surface area contributed by atoms with Crippen molar-refractivity contribution < 1.29 is 9.69 Å². The Morgan fingerprint density at radius 2 is 1.79 bits per heavy atom. The molecule has 1 aromatic heterocycles. The van der Waals surface area contributed by atoms with E-state index in [1.165, 1.54) is 4.90 Å². The summed E-state index contributed by atoms with van der Waals surface area (Å²) in [7, 11) is 0. The Labute approximate surface area is 170 Å². The molecule has 1 aliphatic rings. The lowest BCUT2D eigenvalue weighted by molar-refractivity contribution is -0.892. The summed E-state index contributed by atoms with van der Waals surface area (Å²) in [6, 6.07) is 17.9. The molecule has 2 heterocycles. The molecule has 8 heteroatoms. The van der Waals surface area contributed by atoms with Crippen LogP contribution < -0.4 is 15.1 Å². The molecule has 0 aliphatic carbocycles. The fourth-order valence-corrected chi connectivity index (χ4v) is 3.69. The van der Waals surface area contributed by atoms with Crippen molar-refractivity contribution in [1.82, 2.24) is 20.2 Å². The van der Waals surface area contributed by atoms with Gasteiger partial charge in [-0.3, -0.25) is 4.79 Å². The number of piperazine rings is 1. The summed E-state index contributed by atoms with van der Waals surface area (Å²) in [5.41, 5.74) is 3.02. The standard InChI is InChI=1S/C21H25N7O/c1-2-17-8-6-7-11-19(17)22-20(29)16-26-12-14-27(15-13-26)21-23-24-25-28(21)18-9-4-3-5-10-18/h3-11H,2,12-16H2,1H3,(H,22,29)/p+1. The van der Waals surface area contributed by atoms with Crippen molar-refractivity contribution >= 4 is 17.5 Å². The van der Waals surface area contributed by atoms with Gasteiger partial charge in [0, 0.05) is 5.69 Å². The summed E-state index contributed by atoms with van der Waals surface area (Å²) in [4.78, 5) is 16.0. The first-order valence-electron chi connectivity index (χ1n) is 10.0. The van der Waals surface area contributed by atoms with Crippen LogP contribution in [0.1, 0.15) is 12.5 Å². The third kappa shape index (κ3) is 4.43. The number of para-hydroxylation sites is 2. The molecule has 0 atom stereocenters. The van der Waals surface area contributed by atoms with Crippen molar-refractivity contribution in [3.63, 3.8) is 0 Å². The number of hydrogen-bond donors (Lipinski definition) is 2. The molecule has 1 saturated heterocycles. The zero-order valence-corrected chi connectivity index (χ0v) is 16.6. The Morgan fingerprint density at radius 1 is 1.07 bits per heavy atom. The topological polar surface area (TPSA) is 80.4 Å². The number of anilines is 2. The number of carbonyl (C=O) groups is 1. The highest BCUT2D eigenvalue weighted by atomic mass is 16.2. The molecule has 0 spiro atoms. The van der Waals surface area contributed by atoms with Crippen LogP contribution in [-0.2, 0) is 11.2 Å². The van der Waals surface area contributed by atoms with E-state index in [-0.39, 0.29) is 5.91 Å². The summed E-state index contributed by atoms with van der Waals surface area (Å²) in [6.45, 7) is 5.91. The van der Waals surface area contributed by atoms with E-state index >= 15 is 0 Å². The van der Waals surface area contributed by atoms with E-state index in [1.807, 2.05) is 48.5 Å². The number of benzene rings is 2. The van der Waals surface area contributed by atoms with E-state index < -0.39 is 0 Å². The molecule has 4 rings (SSSR count). The van der Waals surface area contributed by atoms with Crippen molar-refractivity contribution in [2.24, 2.45) is 0 Å². The number of hydrogen-bond acceptors (Lipinski definition) is 5. The van der Waals surface area contributed by atoms with Gasteiger partial charge in [0.05, 0.1) is 31.9 Å². The van der Waals surface area contributed by atoms with Crippen LogP contribution in [0.2, 0.25) is 0 Å². The molecule has 0 saturated carbocycles. The molecule has 0 bridgehead atoms. The Hall–Kier alpha value is -3.26. The third-order valence-electron chi connectivity index (χ3n) is 5.29. The smallest absolute Gasteiger partial charge is 0.279 e. The van der Waals surface area contributed by atoms with Gasteiger partial charge in [0.1, 0.15) is 0 Å². The lowest BCUT2D eigenvalue weighted by Gasteiger charge is -2.32. The van der Waals surface area contributed by atoms with Crippen LogP contribution in [0, 0.1) is 0 Å². The number of quaternary nitrogens is 1. The molecule has 2 aromatic carbocycles. The molecule has 0 unspecified atom stereocenters. The van der Waals surface area contributed by atoms with Gasteiger partial charge in [-0.05, 0) is 40.6 Å². The van der Waals surface area contributed by atoms with Crippen molar-refractivity contribution in [1.29, 1.82) is 0 Å². The third-order valence-corrected chi connectivity index (χ3v) is 5.29. The van der Waals surface area contributed by atoms with Crippen molar-refractivity contribution in [2.75, 3.05) is 42.9 Å². The average molecular weight is 392 g/mol. The normalized spacial score (nSPS) is 14.7. The minimum absolute atomic E-state index is 0.0588. The van der Waals surface area contributed by atoms with E-state index in [9.17, 15) is 4.79 Å². The molecule has 150 valence electrons. The highest BCUT2D eigenvalue weighted by Crippen LogP contribution is 2.16. The minimum Gasteiger partial charge on any atom is -0.328 e. The van der Waals surface area contributed by atoms with Crippen molar-refractivity contribution in [3.05, 3.63) is 60.2 Å². The second-order valence-corrected chi connectivity index (χ2v) is 7.20. The number of nitrogens with zero attached hydrogens (tertiary/aromatic N) is 5. The van der Waals surface area contributed by atoms with Gasteiger partial charge >= 0.3 is 0 Å². The minimum atomic E-state index is 0.0588. The summed E-state index contributed by atoms with van der Waals surface area (Å²) >= 11 is 0. The number of tetrazole rings is 1. The maximum absolute atomic E-state index is 12.5. The maximum atomic E-state index is 12.5. The lowest BCUT2D eigenvalue weighted by Crippen LogP contribution is -3.15. The van der Waals surface area contributed by atoms with Gasteiger partial charge in [0.2, 0.25) is 0 Å². The maximum Gasteiger partial charge on any atom is 0.279 e. The SMILES string of the molecule is CCc1ccccc1NC(=O)C[NH+]1CCN(c2nnnn2-c2ccccc2)CC1. The fraction of sp³-hybridized carbons (Fsp3) is 0.333. The number of amides is 1. The molecular formula is C21H26N7O+. The predicted molar refractivity (Wildman–Crippen MR) is 111 cm³/mol. The van der Waals surface area contributed by atoms with Crippen LogP contribution in [0.3, 0.4) is 0 Å². The van der Waals surface area contributed by atoms with Crippen molar-refractivity contribution in [3.8, 4) is 5.69 Å². The molecule has 1 fully saturated rings. The monoisotopic (exact) mass is 392 g/mol. The number of rotatable bonds is 6. The second-order valence-electron chi connectivity index (χ2n) is 7.20. The Bertz CT molecular complexity index is 948. The first kappa shape index (κ1) is 19.1. The molecule has 3 aromatic rings. The highest BCUT2D eigenvalue weighted by molar-refractivity contribution is 5.92. The molecule has 0 radical (unpaired) electrons. The molecule has 29 heavy (non-hydrogen) atoms. The van der Waals surface area contributed by atoms with Crippen LogP contribution in [0.15, 0.2) is 54.6 Å². The summed E-state index contributed by atoms with van der Waals surface area (Å²) in [5, 5.41) is 15.3. The number of aromatic nitrogens is 4. The molecule has 1 amide bonds. The van der Waals surface area contributed by atoms with E-state index in [1.54, 1.807) is 4.68 Å². The summed E-state index contributed by atoms with van der Waals surface area (Å²) in [6.07, 6.45) is 0.901. The zero-order chi connectivity index (χ0) is 20.1. The van der Waals surface area contributed by atoms with Crippen LogP contribution in [0.5, 0.6) is 0 Å². The van der Waals surface area contributed by atoms with Gasteiger partial charge in [-0.2, -0.15) is 4.68 Å². The largest absolute Gasteiger partial charge is 0.328 e. The quantitative estimate of drug-likeness (QED) is 0.641. The van der Waals surface area contributed by atoms with Gasteiger partial charge in [-0.1, -0.05) is 48.4 Å². The van der Waals surface area contributed by atoms with E-state index in [0.29, 0.717) is 6.54 Å². The molecule has 1 aliphatic heterocycles. The summed E-state index contributed by atoms with van der Waals surface area (Å²) in [5.74, 6) is 0.806.